The second-order valence-electron chi connectivity index (χ2n) is 6.74. The number of ether oxygens (including phenoxy) is 2. The molecule has 0 aromatic carbocycles. The summed E-state index contributed by atoms with van der Waals surface area (Å²) in [5.41, 5.74) is 6.45. The lowest BCUT2D eigenvalue weighted by Gasteiger charge is -2.24. The molecule has 2 aliphatic rings. The first kappa shape index (κ1) is 31.6. The molecular formula is C20H34N4O9. The van der Waals surface area contributed by atoms with E-state index in [4.69, 9.17) is 25.1 Å². The lowest BCUT2D eigenvalue weighted by molar-refractivity contribution is -0.141. The van der Waals surface area contributed by atoms with Crippen molar-refractivity contribution in [2.45, 2.75) is 33.6 Å². The van der Waals surface area contributed by atoms with Crippen molar-refractivity contribution in [1.29, 1.82) is 0 Å². The van der Waals surface area contributed by atoms with Gasteiger partial charge in [0, 0.05) is 26.7 Å². The number of rotatable bonds is 4. The van der Waals surface area contributed by atoms with Crippen molar-refractivity contribution in [2.24, 2.45) is 5.73 Å². The molecule has 2 amide bonds. The summed E-state index contributed by atoms with van der Waals surface area (Å²) in [7, 11) is 3.22. The van der Waals surface area contributed by atoms with Crippen molar-refractivity contribution < 1.29 is 43.7 Å². The monoisotopic (exact) mass is 474 g/mol. The lowest BCUT2D eigenvalue weighted by Crippen LogP contribution is -2.37. The van der Waals surface area contributed by atoms with Gasteiger partial charge in [-0.25, -0.2) is 9.59 Å². The van der Waals surface area contributed by atoms with E-state index in [0.29, 0.717) is 24.4 Å². The number of aliphatic carboxylic acids is 1. The van der Waals surface area contributed by atoms with E-state index in [1.807, 2.05) is 0 Å². The van der Waals surface area contributed by atoms with Crippen LogP contribution in [-0.2, 0) is 33.4 Å². The first-order valence-corrected chi connectivity index (χ1v) is 9.75. The van der Waals surface area contributed by atoms with Crippen molar-refractivity contribution in [3.63, 3.8) is 0 Å². The third-order valence-electron chi connectivity index (χ3n) is 4.08. The van der Waals surface area contributed by atoms with E-state index < -0.39 is 17.9 Å². The number of hydrogen-bond acceptors (Lipinski definition) is 10. The zero-order valence-electron chi connectivity index (χ0n) is 19.7. The van der Waals surface area contributed by atoms with Crippen molar-refractivity contribution in [1.82, 2.24) is 16.0 Å². The van der Waals surface area contributed by atoms with Crippen LogP contribution in [0.1, 0.15) is 33.6 Å². The fraction of sp³-hybridized carbons (Fsp3) is 0.550. The van der Waals surface area contributed by atoms with Gasteiger partial charge in [-0.1, -0.05) is 0 Å². The van der Waals surface area contributed by atoms with Gasteiger partial charge in [-0.05, 0) is 13.8 Å². The molecule has 0 aromatic heterocycles. The van der Waals surface area contributed by atoms with E-state index >= 15 is 0 Å². The number of amides is 2. The van der Waals surface area contributed by atoms with Gasteiger partial charge >= 0.3 is 11.9 Å². The topological polar surface area (TPSA) is 212 Å². The largest absolute Gasteiger partial charge is 0.510 e. The number of carboxylic acids is 1. The number of carboxylic acid groups (broad SMARTS) is 1. The number of nitrogens with two attached hydrogens (primary N) is 1. The second-order valence-corrected chi connectivity index (χ2v) is 6.74. The highest BCUT2D eigenvalue weighted by atomic mass is 16.5. The maximum atomic E-state index is 11.3. The fourth-order valence-electron chi connectivity index (χ4n) is 2.46. The highest BCUT2D eigenvalue weighted by Crippen LogP contribution is 2.17. The SMILES string of the molecule is CC(=O)O.CCOC(=O)C1=C(N)CN(C)C(=O)C1.CCOC(=O)C1=C(O)CN(C)C(=O)C1.N. The molecular weight excluding hydrogens is 440 g/mol. The molecule has 188 valence electrons. The molecule has 2 heterocycles. The van der Waals surface area contributed by atoms with Crippen LogP contribution in [0.3, 0.4) is 0 Å². The maximum absolute atomic E-state index is 11.3. The van der Waals surface area contributed by atoms with Gasteiger partial charge in [0.2, 0.25) is 11.8 Å². The third kappa shape index (κ3) is 11.0. The maximum Gasteiger partial charge on any atom is 0.338 e. The average Bonchev–Trinajstić information content (AvgIpc) is 2.68. The van der Waals surface area contributed by atoms with Crippen LogP contribution < -0.4 is 11.9 Å². The number of esters is 2. The van der Waals surface area contributed by atoms with Crippen LogP contribution >= 0.6 is 0 Å². The first-order valence-electron chi connectivity index (χ1n) is 9.75. The predicted molar refractivity (Wildman–Crippen MR) is 117 cm³/mol. The minimum absolute atomic E-state index is 0. The van der Waals surface area contributed by atoms with E-state index in [9.17, 15) is 24.3 Å². The molecule has 0 saturated carbocycles. The fourth-order valence-corrected chi connectivity index (χ4v) is 2.46. The molecule has 2 aliphatic heterocycles. The predicted octanol–water partition coefficient (Wildman–Crippen LogP) is 0.101. The van der Waals surface area contributed by atoms with E-state index in [2.05, 4.69) is 0 Å². The molecule has 0 bridgehead atoms. The molecule has 33 heavy (non-hydrogen) atoms. The molecule has 7 N–H and O–H groups in total. The van der Waals surface area contributed by atoms with Crippen LogP contribution in [0.15, 0.2) is 22.6 Å². The summed E-state index contributed by atoms with van der Waals surface area (Å²) in [5.74, 6) is -2.29. The minimum atomic E-state index is -0.833. The van der Waals surface area contributed by atoms with Crippen LogP contribution in [0.4, 0.5) is 0 Å². The Bertz CT molecular complexity index is 741. The number of likely N-dealkylation sites (N-methyl/N-ethyl adjacent to an activating group) is 2. The molecule has 2 rings (SSSR count). The summed E-state index contributed by atoms with van der Waals surface area (Å²) < 4.78 is 9.50. The summed E-state index contributed by atoms with van der Waals surface area (Å²) in [4.78, 5) is 56.9. The number of aliphatic hydroxyl groups excluding tert-OH is 1. The van der Waals surface area contributed by atoms with Crippen molar-refractivity contribution in [2.75, 3.05) is 40.4 Å². The number of carbonyl (C=O) groups excluding carboxylic acids is 4. The van der Waals surface area contributed by atoms with Crippen LogP contribution in [0.25, 0.3) is 0 Å². The van der Waals surface area contributed by atoms with Crippen molar-refractivity contribution >= 4 is 29.7 Å². The lowest BCUT2D eigenvalue weighted by atomic mass is 10.1. The van der Waals surface area contributed by atoms with E-state index in [1.165, 1.54) is 9.80 Å². The molecule has 13 nitrogen and oxygen atoms in total. The first-order chi connectivity index (χ1) is 14.8. The summed E-state index contributed by atoms with van der Waals surface area (Å²) >= 11 is 0. The Morgan fingerprint density at radius 3 is 1.70 bits per heavy atom. The van der Waals surface area contributed by atoms with E-state index in [-0.39, 0.29) is 55.3 Å². The van der Waals surface area contributed by atoms with Gasteiger partial charge in [0.25, 0.3) is 5.97 Å². The normalized spacial score (nSPS) is 15.4. The van der Waals surface area contributed by atoms with Gasteiger partial charge < -0.3 is 41.4 Å². The Labute approximate surface area is 192 Å². The summed E-state index contributed by atoms with van der Waals surface area (Å²) in [6, 6.07) is 0. The van der Waals surface area contributed by atoms with Crippen LogP contribution in [0, 0.1) is 0 Å². The minimum Gasteiger partial charge on any atom is -0.510 e. The van der Waals surface area contributed by atoms with Crippen molar-refractivity contribution in [3.05, 3.63) is 22.6 Å². The molecule has 0 fully saturated rings. The zero-order chi connectivity index (χ0) is 25.0. The molecule has 0 unspecified atom stereocenters. The standard InChI is InChI=1S/C9H14N2O3.C9H13NO4.C2H4O2.H3N/c1-3-14-9(13)6-4-8(12)11(2)5-7(6)10;1-3-14-9(13)6-4-8(12)10(2)5-7(6)11;1-2(3)4;/h3-5,10H2,1-2H3;11H,3-5H2,1-2H3;1H3,(H,3,4);1H3. The van der Waals surface area contributed by atoms with Gasteiger partial charge in [-0.15, -0.1) is 0 Å². The van der Waals surface area contributed by atoms with Gasteiger partial charge in [0.05, 0.1) is 50.3 Å². The van der Waals surface area contributed by atoms with Crippen LogP contribution in [-0.4, -0.2) is 90.1 Å². The second kappa shape index (κ2) is 15.2. The van der Waals surface area contributed by atoms with Crippen LogP contribution in [0.2, 0.25) is 0 Å². The molecule has 0 atom stereocenters. The Morgan fingerprint density at radius 2 is 1.27 bits per heavy atom. The molecule has 0 radical (unpaired) electrons. The van der Waals surface area contributed by atoms with Gasteiger partial charge in [0.15, 0.2) is 0 Å². The number of aliphatic hydroxyl groups is 1. The van der Waals surface area contributed by atoms with E-state index in [0.717, 1.165) is 6.92 Å². The Kier molecular flexibility index (Phi) is 14.6. The molecule has 13 heteroatoms. The molecule has 0 aromatic rings. The van der Waals surface area contributed by atoms with Crippen LogP contribution in [0.5, 0.6) is 0 Å². The Balaban J connectivity index is 0. The van der Waals surface area contributed by atoms with Gasteiger partial charge in [-0.2, -0.15) is 0 Å². The number of nitrogens with zero attached hydrogens (tertiary/aromatic N) is 2. The number of hydrogen-bond donors (Lipinski definition) is 4. The quantitative estimate of drug-likeness (QED) is 0.401. The smallest absolute Gasteiger partial charge is 0.338 e. The van der Waals surface area contributed by atoms with Gasteiger partial charge in [0.1, 0.15) is 5.76 Å². The molecule has 0 spiro atoms. The zero-order valence-corrected chi connectivity index (χ0v) is 19.7. The van der Waals surface area contributed by atoms with Crippen molar-refractivity contribution in [3.8, 4) is 0 Å². The summed E-state index contributed by atoms with van der Waals surface area (Å²) in [5, 5.41) is 16.9. The highest BCUT2D eigenvalue weighted by molar-refractivity contribution is 5.97. The summed E-state index contributed by atoms with van der Waals surface area (Å²) in [6.45, 7) is 5.37. The summed E-state index contributed by atoms with van der Waals surface area (Å²) in [6.07, 6.45) is -0.0394. The average molecular weight is 475 g/mol. The van der Waals surface area contributed by atoms with Gasteiger partial charge in [-0.3, -0.25) is 14.4 Å². The Hall–Kier alpha value is -3.61. The van der Waals surface area contributed by atoms with E-state index in [1.54, 1.807) is 27.9 Å². The molecule has 0 aliphatic carbocycles. The number of carbonyl (C=O) groups is 5. The molecule has 0 saturated heterocycles. The Morgan fingerprint density at radius 1 is 0.909 bits per heavy atom. The highest BCUT2D eigenvalue weighted by Gasteiger charge is 2.28. The third-order valence-corrected chi connectivity index (χ3v) is 4.08.